The molecule has 1 aliphatic carbocycles. The van der Waals surface area contributed by atoms with Crippen LogP contribution in [0.1, 0.15) is 83.4 Å². The van der Waals surface area contributed by atoms with E-state index in [1.807, 2.05) is 4.57 Å². The van der Waals surface area contributed by atoms with Crippen LogP contribution in [0.15, 0.2) is 0 Å². The predicted octanol–water partition coefficient (Wildman–Crippen LogP) is 3.82. The van der Waals surface area contributed by atoms with Crippen LogP contribution in [-0.2, 0) is 6.42 Å². The van der Waals surface area contributed by atoms with Crippen LogP contribution in [-0.4, -0.2) is 25.9 Å². The molecule has 1 aliphatic heterocycles. The molecule has 2 aliphatic rings. The lowest BCUT2D eigenvalue weighted by Crippen LogP contribution is -2.57. The van der Waals surface area contributed by atoms with Crippen LogP contribution in [0.2, 0.25) is 0 Å². The zero-order valence-electron chi connectivity index (χ0n) is 14.5. The molecule has 3 rings (SSSR count). The van der Waals surface area contributed by atoms with Crippen LogP contribution in [0.3, 0.4) is 0 Å². The minimum Gasteiger partial charge on any atom is -0.494 e. The Morgan fingerprint density at radius 1 is 1.05 bits per heavy atom. The molecule has 4 heteroatoms. The van der Waals surface area contributed by atoms with Gasteiger partial charge in [-0.3, -0.25) is 4.57 Å². The van der Waals surface area contributed by atoms with E-state index in [4.69, 9.17) is 0 Å². The number of rotatable bonds is 1. The quantitative estimate of drug-likeness (QED) is 0.739. The molecule has 0 aromatic carbocycles. The number of aromatic hydroxyl groups is 2. The van der Waals surface area contributed by atoms with Crippen molar-refractivity contribution in [1.29, 1.82) is 0 Å². The maximum absolute atomic E-state index is 10.8. The van der Waals surface area contributed by atoms with Crippen molar-refractivity contribution < 1.29 is 10.2 Å². The first-order chi connectivity index (χ1) is 10.1. The molecule has 1 fully saturated rings. The Labute approximate surface area is 133 Å². The highest BCUT2D eigenvalue weighted by Crippen LogP contribution is 2.49. The van der Waals surface area contributed by atoms with Gasteiger partial charge in [0.15, 0.2) is 11.8 Å². The van der Waals surface area contributed by atoms with Crippen LogP contribution in [0.25, 0.3) is 0 Å². The van der Waals surface area contributed by atoms with Crippen molar-refractivity contribution in [3.8, 4) is 11.8 Å². The van der Waals surface area contributed by atoms with Gasteiger partial charge >= 0.3 is 0 Å². The lowest BCUT2D eigenvalue weighted by Gasteiger charge is -2.47. The molecule has 0 radical (unpaired) electrons. The highest BCUT2D eigenvalue weighted by Gasteiger charge is 2.41. The maximum Gasteiger partial charge on any atom is 0.198 e. The predicted molar refractivity (Wildman–Crippen MR) is 88.7 cm³/mol. The summed E-state index contributed by atoms with van der Waals surface area (Å²) in [5, 5.41) is 25.2. The van der Waals surface area contributed by atoms with Crippen LogP contribution in [0.5, 0.6) is 11.8 Å². The van der Waals surface area contributed by atoms with Gasteiger partial charge in [0.05, 0.1) is 0 Å². The molecule has 2 heterocycles. The summed E-state index contributed by atoms with van der Waals surface area (Å²) >= 11 is 0. The summed E-state index contributed by atoms with van der Waals surface area (Å²) in [6.45, 7) is 10.9. The summed E-state index contributed by atoms with van der Waals surface area (Å²) in [7, 11) is 0. The van der Waals surface area contributed by atoms with Crippen LogP contribution in [0.4, 0.5) is 0 Å². The fourth-order valence-corrected chi connectivity index (χ4v) is 4.92. The lowest BCUT2D eigenvalue weighted by molar-refractivity contribution is 0.123. The van der Waals surface area contributed by atoms with Gasteiger partial charge in [0.2, 0.25) is 0 Å². The highest BCUT2D eigenvalue weighted by molar-refractivity contribution is 5.49. The van der Waals surface area contributed by atoms with Gasteiger partial charge in [-0.1, -0.05) is 6.92 Å². The molecule has 1 aromatic rings. The first-order valence-corrected chi connectivity index (χ1v) is 8.55. The first kappa shape index (κ1) is 15.7. The average Bonchev–Trinajstić information content (AvgIpc) is 2.59. The highest BCUT2D eigenvalue weighted by atomic mass is 16.3. The van der Waals surface area contributed by atoms with Gasteiger partial charge in [-0.2, -0.15) is 0 Å². The lowest BCUT2D eigenvalue weighted by atomic mass is 9.79. The summed E-state index contributed by atoms with van der Waals surface area (Å²) in [5.74, 6) is 0.939. The smallest absolute Gasteiger partial charge is 0.198 e. The molecule has 0 spiro atoms. The molecule has 0 saturated carbocycles. The average molecular weight is 306 g/mol. The van der Waals surface area contributed by atoms with Crippen LogP contribution in [0, 0.1) is 0 Å². The normalized spacial score (nSPS) is 27.6. The molecule has 0 amide bonds. The summed E-state index contributed by atoms with van der Waals surface area (Å²) in [4.78, 5) is 0. The fourth-order valence-electron chi connectivity index (χ4n) is 4.92. The van der Waals surface area contributed by atoms with Gasteiger partial charge < -0.3 is 15.5 Å². The molecule has 22 heavy (non-hydrogen) atoms. The Hall–Kier alpha value is -1.16. The van der Waals surface area contributed by atoms with Crippen molar-refractivity contribution in [2.45, 2.75) is 89.8 Å². The maximum atomic E-state index is 10.8. The number of hydrogen-bond donors (Lipinski definition) is 3. The Balaban J connectivity index is 2.05. The van der Waals surface area contributed by atoms with Gasteiger partial charge in [-0.15, -0.1) is 0 Å². The second kappa shape index (κ2) is 4.92. The summed E-state index contributed by atoms with van der Waals surface area (Å²) in [6.07, 6.45) is 4.87. The zero-order valence-corrected chi connectivity index (χ0v) is 14.5. The second-order valence-electron chi connectivity index (χ2n) is 8.66. The number of aromatic nitrogens is 1. The van der Waals surface area contributed by atoms with Crippen molar-refractivity contribution in [3.63, 3.8) is 0 Å². The standard InChI is InChI=1S/C18H30N2O2/c1-11-7-6-8-13-14(11)16(22)20(15(13)21)12-9-17(2,3)19-18(4,5)10-12/h11-12,19,21-22H,6-10H2,1-5H3. The van der Waals surface area contributed by atoms with Gasteiger partial charge in [-0.05, 0) is 65.7 Å². The Bertz CT molecular complexity index is 570. The van der Waals surface area contributed by atoms with E-state index < -0.39 is 0 Å². The Morgan fingerprint density at radius 3 is 2.18 bits per heavy atom. The molecule has 1 atom stereocenters. The third-order valence-electron chi connectivity index (χ3n) is 5.38. The topological polar surface area (TPSA) is 57.4 Å². The third kappa shape index (κ3) is 2.51. The second-order valence-corrected chi connectivity index (χ2v) is 8.66. The molecule has 124 valence electrons. The molecule has 3 N–H and O–H groups in total. The molecule has 1 saturated heterocycles. The molecule has 1 aromatic heterocycles. The third-order valence-corrected chi connectivity index (χ3v) is 5.38. The number of piperidine rings is 1. The number of hydrogen-bond acceptors (Lipinski definition) is 3. The molecule has 4 nitrogen and oxygen atoms in total. The summed E-state index contributed by atoms with van der Waals surface area (Å²) < 4.78 is 1.82. The number of nitrogens with one attached hydrogen (secondary N) is 1. The van der Waals surface area contributed by atoms with E-state index in [1.54, 1.807) is 0 Å². The first-order valence-electron chi connectivity index (χ1n) is 8.55. The molecule has 0 bridgehead atoms. The van der Waals surface area contributed by atoms with Crippen molar-refractivity contribution in [3.05, 3.63) is 11.1 Å². The van der Waals surface area contributed by atoms with E-state index in [-0.39, 0.29) is 17.1 Å². The largest absolute Gasteiger partial charge is 0.494 e. The van der Waals surface area contributed by atoms with Gasteiger partial charge in [-0.25, -0.2) is 0 Å². The molecular weight excluding hydrogens is 276 g/mol. The Morgan fingerprint density at radius 2 is 1.64 bits per heavy atom. The minimum absolute atomic E-state index is 0.0122. The molecule has 1 unspecified atom stereocenters. The number of nitrogens with zero attached hydrogens (tertiary/aromatic N) is 1. The van der Waals surface area contributed by atoms with Crippen molar-refractivity contribution in [2.75, 3.05) is 0 Å². The monoisotopic (exact) mass is 306 g/mol. The van der Waals surface area contributed by atoms with E-state index in [0.717, 1.165) is 43.2 Å². The summed E-state index contributed by atoms with van der Waals surface area (Å²) in [6, 6.07) is 0.129. The van der Waals surface area contributed by atoms with E-state index in [0.29, 0.717) is 17.7 Å². The van der Waals surface area contributed by atoms with Gasteiger partial charge in [0.1, 0.15) is 0 Å². The minimum atomic E-state index is -0.0122. The SMILES string of the molecule is CC1CCCc2c1c(O)n(C1CC(C)(C)NC(C)(C)C1)c2O. The van der Waals surface area contributed by atoms with Crippen molar-refractivity contribution in [1.82, 2.24) is 9.88 Å². The van der Waals surface area contributed by atoms with Crippen molar-refractivity contribution in [2.24, 2.45) is 0 Å². The van der Waals surface area contributed by atoms with E-state index in [1.165, 1.54) is 0 Å². The van der Waals surface area contributed by atoms with E-state index in [2.05, 4.69) is 39.9 Å². The summed E-state index contributed by atoms with van der Waals surface area (Å²) in [5.41, 5.74) is 1.94. The van der Waals surface area contributed by atoms with Crippen LogP contribution < -0.4 is 5.32 Å². The number of fused-ring (bicyclic) bond motifs is 1. The zero-order chi connectivity index (χ0) is 16.3. The fraction of sp³-hybridized carbons (Fsp3) is 0.778. The Kier molecular flexibility index (Phi) is 3.52. The van der Waals surface area contributed by atoms with E-state index in [9.17, 15) is 10.2 Å². The van der Waals surface area contributed by atoms with E-state index >= 15 is 0 Å². The molecular formula is C18H30N2O2. The van der Waals surface area contributed by atoms with Gasteiger partial charge in [0.25, 0.3) is 0 Å². The van der Waals surface area contributed by atoms with Gasteiger partial charge in [0, 0.05) is 28.2 Å². The van der Waals surface area contributed by atoms with Crippen molar-refractivity contribution >= 4 is 0 Å². The van der Waals surface area contributed by atoms with Crippen LogP contribution >= 0.6 is 0 Å².